The van der Waals surface area contributed by atoms with E-state index in [1.54, 1.807) is 6.07 Å². The molecule has 186 valence electrons. The standard InChI is InChI=1S/C25H35N3O6/c1-25(2,3)34-24(33)27-19-7-5-4-6-16(19)12-15-8-9-18-17(13-15)14-28(23(18)32)20(22(26)31)10-11-21(29)30/h8-9,13,16,19-20H,4-7,10-12,14H2,1-3H3,(H2,26,31)(H,27,33)(H,29,30)/t16-,19+,20?/m1/s1. The average Bonchev–Trinajstić information content (AvgIpc) is 3.03. The number of aliphatic carboxylic acids is 1. The topological polar surface area (TPSA) is 139 Å². The maximum absolute atomic E-state index is 12.9. The van der Waals surface area contributed by atoms with E-state index in [4.69, 9.17) is 15.6 Å². The van der Waals surface area contributed by atoms with E-state index in [1.165, 1.54) is 4.90 Å². The van der Waals surface area contributed by atoms with Crippen molar-refractivity contribution in [1.29, 1.82) is 0 Å². The van der Waals surface area contributed by atoms with E-state index in [2.05, 4.69) is 5.32 Å². The molecule has 0 radical (unpaired) electrons. The van der Waals surface area contributed by atoms with Gasteiger partial charge in [-0.05, 0) is 69.6 Å². The monoisotopic (exact) mass is 473 g/mol. The van der Waals surface area contributed by atoms with Gasteiger partial charge in [0, 0.05) is 24.6 Å². The zero-order valence-electron chi connectivity index (χ0n) is 20.1. The quantitative estimate of drug-likeness (QED) is 0.530. The van der Waals surface area contributed by atoms with Gasteiger partial charge in [0.25, 0.3) is 5.91 Å². The van der Waals surface area contributed by atoms with Crippen LogP contribution in [-0.2, 0) is 27.3 Å². The molecule has 3 amide bonds. The summed E-state index contributed by atoms with van der Waals surface area (Å²) in [5.74, 6) is -1.81. The van der Waals surface area contributed by atoms with Crippen molar-refractivity contribution in [3.63, 3.8) is 0 Å². The highest BCUT2D eigenvalue weighted by Gasteiger charge is 2.36. The normalized spacial score (nSPS) is 21.0. The van der Waals surface area contributed by atoms with Gasteiger partial charge in [0.2, 0.25) is 5.91 Å². The number of nitrogens with two attached hydrogens (primary N) is 1. The van der Waals surface area contributed by atoms with E-state index < -0.39 is 29.6 Å². The molecule has 0 saturated heterocycles. The molecule has 1 fully saturated rings. The molecule has 1 unspecified atom stereocenters. The molecule has 0 bridgehead atoms. The van der Waals surface area contributed by atoms with Crippen molar-refractivity contribution in [3.05, 3.63) is 34.9 Å². The van der Waals surface area contributed by atoms with Gasteiger partial charge in [-0.1, -0.05) is 25.0 Å². The van der Waals surface area contributed by atoms with Crippen LogP contribution in [0.1, 0.15) is 80.8 Å². The summed E-state index contributed by atoms with van der Waals surface area (Å²) in [4.78, 5) is 49.4. The molecule has 0 spiro atoms. The number of hydrogen-bond donors (Lipinski definition) is 3. The van der Waals surface area contributed by atoms with Crippen molar-refractivity contribution in [2.24, 2.45) is 11.7 Å². The number of carbonyl (C=O) groups is 4. The Balaban J connectivity index is 1.70. The van der Waals surface area contributed by atoms with Gasteiger partial charge < -0.3 is 25.8 Å². The van der Waals surface area contributed by atoms with Gasteiger partial charge >= 0.3 is 12.1 Å². The molecule has 1 heterocycles. The zero-order valence-corrected chi connectivity index (χ0v) is 20.1. The molecule has 3 atom stereocenters. The Morgan fingerprint density at radius 1 is 1.24 bits per heavy atom. The lowest BCUT2D eigenvalue weighted by molar-refractivity contribution is -0.137. The molecule has 3 rings (SSSR count). The van der Waals surface area contributed by atoms with Crippen LogP contribution in [0.4, 0.5) is 4.79 Å². The average molecular weight is 474 g/mol. The summed E-state index contributed by atoms with van der Waals surface area (Å²) in [6.07, 6.45) is 4.11. The van der Waals surface area contributed by atoms with Crippen LogP contribution in [0.2, 0.25) is 0 Å². The molecule has 9 heteroatoms. The van der Waals surface area contributed by atoms with Crippen molar-refractivity contribution in [2.75, 3.05) is 0 Å². The first kappa shape index (κ1) is 25.5. The Labute approximate surface area is 200 Å². The van der Waals surface area contributed by atoms with Crippen molar-refractivity contribution < 1.29 is 29.0 Å². The minimum Gasteiger partial charge on any atom is -0.481 e. The molecule has 0 aromatic heterocycles. The number of rotatable bonds is 8. The van der Waals surface area contributed by atoms with E-state index in [-0.39, 0.29) is 37.3 Å². The van der Waals surface area contributed by atoms with Crippen molar-refractivity contribution in [1.82, 2.24) is 10.2 Å². The highest BCUT2D eigenvalue weighted by molar-refractivity contribution is 6.01. The van der Waals surface area contributed by atoms with Gasteiger partial charge in [0.15, 0.2) is 0 Å². The van der Waals surface area contributed by atoms with Crippen LogP contribution in [0.25, 0.3) is 0 Å². The molecular formula is C25H35N3O6. The lowest BCUT2D eigenvalue weighted by Gasteiger charge is -2.33. The summed E-state index contributed by atoms with van der Waals surface area (Å²) >= 11 is 0. The van der Waals surface area contributed by atoms with Crippen LogP contribution in [0, 0.1) is 5.92 Å². The first-order chi connectivity index (χ1) is 15.9. The lowest BCUT2D eigenvalue weighted by atomic mass is 9.80. The Morgan fingerprint density at radius 3 is 2.59 bits per heavy atom. The third-order valence-electron chi connectivity index (χ3n) is 6.45. The summed E-state index contributed by atoms with van der Waals surface area (Å²) in [7, 11) is 0. The summed E-state index contributed by atoms with van der Waals surface area (Å²) in [5, 5.41) is 12.0. The summed E-state index contributed by atoms with van der Waals surface area (Å²) < 4.78 is 5.43. The van der Waals surface area contributed by atoms with E-state index >= 15 is 0 Å². The van der Waals surface area contributed by atoms with Crippen LogP contribution in [0.3, 0.4) is 0 Å². The Morgan fingerprint density at radius 2 is 1.94 bits per heavy atom. The molecule has 1 aromatic carbocycles. The second-order valence-electron chi connectivity index (χ2n) is 10.3. The predicted octanol–water partition coefficient (Wildman–Crippen LogP) is 2.99. The Kier molecular flexibility index (Phi) is 7.84. The highest BCUT2D eigenvalue weighted by Crippen LogP contribution is 2.31. The van der Waals surface area contributed by atoms with Crippen molar-refractivity contribution in [3.8, 4) is 0 Å². The third kappa shape index (κ3) is 6.48. The molecule has 4 N–H and O–H groups in total. The van der Waals surface area contributed by atoms with Gasteiger partial charge in [-0.15, -0.1) is 0 Å². The van der Waals surface area contributed by atoms with Crippen LogP contribution >= 0.6 is 0 Å². The van der Waals surface area contributed by atoms with Gasteiger partial charge in [-0.3, -0.25) is 14.4 Å². The fourth-order valence-electron chi connectivity index (χ4n) is 4.89. The molecular weight excluding hydrogens is 438 g/mol. The zero-order chi connectivity index (χ0) is 25.0. The van der Waals surface area contributed by atoms with Crippen molar-refractivity contribution in [2.45, 2.75) is 89.9 Å². The molecule has 1 aliphatic heterocycles. The number of alkyl carbamates (subject to hydrolysis) is 1. The Bertz CT molecular complexity index is 954. The largest absolute Gasteiger partial charge is 0.481 e. The SMILES string of the molecule is CC(C)(C)OC(=O)N[C@H]1CCCC[C@@H]1Cc1ccc2c(c1)CN(C(CCC(=O)O)C(N)=O)C2=O. The molecule has 9 nitrogen and oxygen atoms in total. The smallest absolute Gasteiger partial charge is 0.407 e. The number of fused-ring (bicyclic) bond motifs is 1. The maximum atomic E-state index is 12.9. The van der Waals surface area contributed by atoms with Gasteiger partial charge in [0.1, 0.15) is 11.6 Å². The second kappa shape index (κ2) is 10.4. The van der Waals surface area contributed by atoms with Crippen molar-refractivity contribution >= 4 is 23.9 Å². The first-order valence-corrected chi connectivity index (χ1v) is 11.9. The first-order valence-electron chi connectivity index (χ1n) is 11.9. The third-order valence-corrected chi connectivity index (χ3v) is 6.45. The molecule has 34 heavy (non-hydrogen) atoms. The van der Waals surface area contributed by atoms with E-state index in [9.17, 15) is 19.2 Å². The van der Waals surface area contributed by atoms with Crippen LogP contribution < -0.4 is 11.1 Å². The van der Waals surface area contributed by atoms with Gasteiger partial charge in [0.05, 0.1) is 0 Å². The molecule has 2 aliphatic rings. The maximum Gasteiger partial charge on any atom is 0.407 e. The number of nitrogens with zero attached hydrogens (tertiary/aromatic N) is 1. The number of hydrogen-bond acceptors (Lipinski definition) is 5. The Hall–Kier alpha value is -3.10. The van der Waals surface area contributed by atoms with E-state index in [1.807, 2.05) is 32.9 Å². The van der Waals surface area contributed by atoms with Crippen LogP contribution in [-0.4, -0.2) is 51.6 Å². The number of nitrogens with one attached hydrogen (secondary N) is 1. The number of benzene rings is 1. The number of amides is 3. The fraction of sp³-hybridized carbons (Fsp3) is 0.600. The van der Waals surface area contributed by atoms with Crippen LogP contribution in [0.15, 0.2) is 18.2 Å². The number of ether oxygens (including phenoxy) is 1. The van der Waals surface area contributed by atoms with Gasteiger partial charge in [-0.2, -0.15) is 0 Å². The molecule has 1 saturated carbocycles. The molecule has 1 aliphatic carbocycles. The van der Waals surface area contributed by atoms with Crippen LogP contribution in [0.5, 0.6) is 0 Å². The minimum atomic E-state index is -1.04. The van der Waals surface area contributed by atoms with E-state index in [0.29, 0.717) is 5.56 Å². The highest BCUT2D eigenvalue weighted by atomic mass is 16.6. The second-order valence-corrected chi connectivity index (χ2v) is 10.3. The molecule has 1 aromatic rings. The summed E-state index contributed by atoms with van der Waals surface area (Å²) in [6.45, 7) is 5.74. The van der Waals surface area contributed by atoms with E-state index in [0.717, 1.165) is 43.2 Å². The minimum absolute atomic E-state index is 0.0165. The number of carboxylic acid groups (broad SMARTS) is 1. The lowest BCUT2D eigenvalue weighted by Crippen LogP contribution is -2.45. The van der Waals surface area contributed by atoms with Gasteiger partial charge in [-0.25, -0.2) is 4.79 Å². The summed E-state index contributed by atoms with van der Waals surface area (Å²) in [5.41, 5.74) is 7.29. The number of carbonyl (C=O) groups excluding carboxylic acids is 3. The fourth-order valence-corrected chi connectivity index (χ4v) is 4.89. The number of carboxylic acids is 1. The summed E-state index contributed by atoms with van der Waals surface area (Å²) in [6, 6.07) is 4.71. The predicted molar refractivity (Wildman–Crippen MR) is 125 cm³/mol. The number of primary amides is 1.